The molecular formula is C13H14O2. The molecule has 1 aliphatic carbocycles. The van der Waals surface area contributed by atoms with Crippen molar-refractivity contribution in [2.24, 2.45) is 0 Å². The van der Waals surface area contributed by atoms with Crippen LogP contribution in [0.25, 0.3) is 0 Å². The number of rotatable bonds is 1. The molecule has 2 rings (SSSR count). The number of hydrogen-bond acceptors (Lipinski definition) is 2. The molecule has 0 radical (unpaired) electrons. The van der Waals surface area contributed by atoms with Crippen LogP contribution in [0.5, 0.6) is 0 Å². The monoisotopic (exact) mass is 202 g/mol. The van der Waals surface area contributed by atoms with Gasteiger partial charge in [-0.25, -0.2) is 0 Å². The first-order valence-electron chi connectivity index (χ1n) is 5.25. The van der Waals surface area contributed by atoms with Crippen LogP contribution in [-0.2, 0) is 9.59 Å². The highest BCUT2D eigenvalue weighted by Crippen LogP contribution is 2.30. The molecule has 0 N–H and O–H groups in total. The normalized spacial score (nSPS) is 18.2. The Morgan fingerprint density at radius 2 is 1.67 bits per heavy atom. The second-order valence-corrected chi connectivity index (χ2v) is 4.22. The van der Waals surface area contributed by atoms with E-state index in [-0.39, 0.29) is 23.9 Å². The third-order valence-electron chi connectivity index (χ3n) is 2.97. The van der Waals surface area contributed by atoms with Crippen LogP contribution in [0, 0.1) is 6.92 Å². The van der Waals surface area contributed by atoms with E-state index in [2.05, 4.69) is 0 Å². The molecule has 1 fully saturated rings. The first kappa shape index (κ1) is 10.1. The summed E-state index contributed by atoms with van der Waals surface area (Å²) in [6.45, 7) is 2.03. The Labute approximate surface area is 89.3 Å². The third-order valence-corrected chi connectivity index (χ3v) is 2.97. The van der Waals surface area contributed by atoms with Crippen molar-refractivity contribution in [3.8, 4) is 0 Å². The molecule has 0 unspecified atom stereocenters. The second-order valence-electron chi connectivity index (χ2n) is 4.22. The van der Waals surface area contributed by atoms with Gasteiger partial charge in [0.1, 0.15) is 11.6 Å². The maximum atomic E-state index is 11.3. The molecule has 2 heteroatoms. The summed E-state index contributed by atoms with van der Waals surface area (Å²) in [7, 11) is 0. The quantitative estimate of drug-likeness (QED) is 0.655. The van der Waals surface area contributed by atoms with Crippen LogP contribution in [-0.4, -0.2) is 11.6 Å². The Morgan fingerprint density at radius 1 is 1.07 bits per heavy atom. The number of carbonyl (C=O) groups excluding carboxylic acids is 2. The Hall–Kier alpha value is -1.44. The van der Waals surface area contributed by atoms with Crippen LogP contribution >= 0.6 is 0 Å². The number of Topliss-reactive ketones (excluding diaryl/α,β-unsaturated/α-hetero) is 2. The smallest absolute Gasteiger partial charge is 0.140 e. The van der Waals surface area contributed by atoms with Crippen LogP contribution in [0.1, 0.15) is 36.3 Å². The van der Waals surface area contributed by atoms with Crippen molar-refractivity contribution in [3.05, 3.63) is 35.4 Å². The average Bonchev–Trinajstić information content (AvgIpc) is 2.16. The zero-order valence-corrected chi connectivity index (χ0v) is 8.82. The summed E-state index contributed by atoms with van der Waals surface area (Å²) in [5.74, 6) is 0.277. The lowest BCUT2D eigenvalue weighted by molar-refractivity contribution is -0.130. The maximum absolute atomic E-state index is 11.3. The molecule has 0 bridgehead atoms. The predicted molar refractivity (Wildman–Crippen MR) is 57.8 cm³/mol. The van der Waals surface area contributed by atoms with Crippen molar-refractivity contribution in [1.82, 2.24) is 0 Å². The third kappa shape index (κ3) is 2.14. The molecule has 1 aromatic rings. The summed E-state index contributed by atoms with van der Waals surface area (Å²) in [6.07, 6.45) is 1.19. The highest BCUT2D eigenvalue weighted by Gasteiger charge is 2.27. The van der Waals surface area contributed by atoms with Crippen LogP contribution in [0.4, 0.5) is 0 Å². The summed E-state index contributed by atoms with van der Waals surface area (Å²) < 4.78 is 0. The van der Waals surface area contributed by atoms with Gasteiger partial charge in [0.2, 0.25) is 0 Å². The largest absolute Gasteiger partial charge is 0.299 e. The molecule has 0 spiro atoms. The lowest BCUT2D eigenvalue weighted by Crippen LogP contribution is -2.21. The molecule has 0 saturated heterocycles. The molecule has 1 saturated carbocycles. The van der Waals surface area contributed by atoms with Crippen LogP contribution in [0.2, 0.25) is 0 Å². The summed E-state index contributed by atoms with van der Waals surface area (Å²) in [4.78, 5) is 22.7. The topological polar surface area (TPSA) is 34.1 Å². The van der Waals surface area contributed by atoms with Gasteiger partial charge >= 0.3 is 0 Å². The van der Waals surface area contributed by atoms with E-state index in [0.29, 0.717) is 12.8 Å². The van der Waals surface area contributed by atoms with Crippen molar-refractivity contribution < 1.29 is 9.59 Å². The Kier molecular flexibility index (Phi) is 2.67. The van der Waals surface area contributed by atoms with Gasteiger partial charge in [-0.15, -0.1) is 0 Å². The Morgan fingerprint density at radius 3 is 2.27 bits per heavy atom. The van der Waals surface area contributed by atoms with E-state index in [1.54, 1.807) is 0 Å². The summed E-state index contributed by atoms with van der Waals surface area (Å²) in [5.41, 5.74) is 2.32. The fourth-order valence-corrected chi connectivity index (χ4v) is 2.25. The van der Waals surface area contributed by atoms with E-state index in [1.165, 1.54) is 5.56 Å². The number of ketones is 2. The lowest BCUT2D eigenvalue weighted by atomic mass is 9.81. The predicted octanol–water partition coefficient (Wildman–Crippen LogP) is 2.40. The van der Waals surface area contributed by atoms with Gasteiger partial charge < -0.3 is 0 Å². The second kappa shape index (κ2) is 3.97. The zero-order valence-electron chi connectivity index (χ0n) is 8.82. The van der Waals surface area contributed by atoms with Crippen molar-refractivity contribution in [3.63, 3.8) is 0 Å². The molecule has 1 aliphatic rings. The molecule has 2 nitrogen and oxygen atoms in total. The average molecular weight is 202 g/mol. The summed E-state index contributed by atoms with van der Waals surface area (Å²) in [6, 6.07) is 7.99. The maximum Gasteiger partial charge on any atom is 0.140 e. The van der Waals surface area contributed by atoms with Crippen molar-refractivity contribution >= 4 is 11.6 Å². The first-order chi connectivity index (χ1) is 7.16. The van der Waals surface area contributed by atoms with Gasteiger partial charge in [0.15, 0.2) is 0 Å². The minimum absolute atomic E-state index is 0.0829. The molecule has 15 heavy (non-hydrogen) atoms. The van der Waals surface area contributed by atoms with Crippen molar-refractivity contribution in [1.29, 1.82) is 0 Å². The minimum atomic E-state index is 0.0829. The van der Waals surface area contributed by atoms with Crippen LogP contribution in [0.15, 0.2) is 24.3 Å². The molecule has 0 atom stereocenters. The van der Waals surface area contributed by atoms with E-state index in [1.807, 2.05) is 31.2 Å². The molecule has 1 aromatic carbocycles. The van der Waals surface area contributed by atoms with E-state index in [9.17, 15) is 9.59 Å². The van der Waals surface area contributed by atoms with Gasteiger partial charge in [-0.05, 0) is 24.0 Å². The van der Waals surface area contributed by atoms with Gasteiger partial charge in [-0.2, -0.15) is 0 Å². The molecule has 0 amide bonds. The Balaban J connectivity index is 2.27. The van der Waals surface area contributed by atoms with E-state index in [4.69, 9.17) is 0 Å². The molecule has 78 valence electrons. The number of hydrogen-bond donors (Lipinski definition) is 0. The van der Waals surface area contributed by atoms with Gasteiger partial charge in [-0.1, -0.05) is 24.3 Å². The highest BCUT2D eigenvalue weighted by atomic mass is 16.1. The van der Waals surface area contributed by atoms with Gasteiger partial charge in [0.05, 0.1) is 6.42 Å². The minimum Gasteiger partial charge on any atom is -0.299 e. The van der Waals surface area contributed by atoms with Gasteiger partial charge in [0.25, 0.3) is 0 Å². The number of aryl methyl sites for hydroxylation is 1. The first-order valence-corrected chi connectivity index (χ1v) is 5.25. The Bertz CT molecular complexity index is 391. The molecular weight excluding hydrogens is 188 g/mol. The SMILES string of the molecule is Cc1ccccc1C1CC(=O)CC(=O)C1. The zero-order chi connectivity index (χ0) is 10.8. The summed E-state index contributed by atoms with van der Waals surface area (Å²) in [5, 5.41) is 0. The van der Waals surface area contributed by atoms with Gasteiger partial charge in [0, 0.05) is 12.8 Å². The highest BCUT2D eigenvalue weighted by molar-refractivity contribution is 6.02. The fraction of sp³-hybridized carbons (Fsp3) is 0.385. The number of carbonyl (C=O) groups is 2. The molecule has 0 aromatic heterocycles. The van der Waals surface area contributed by atoms with Gasteiger partial charge in [-0.3, -0.25) is 9.59 Å². The van der Waals surface area contributed by atoms with E-state index < -0.39 is 0 Å². The van der Waals surface area contributed by atoms with E-state index >= 15 is 0 Å². The number of benzene rings is 1. The van der Waals surface area contributed by atoms with Crippen LogP contribution < -0.4 is 0 Å². The molecule has 0 aliphatic heterocycles. The molecule has 0 heterocycles. The summed E-state index contributed by atoms with van der Waals surface area (Å²) >= 11 is 0. The van der Waals surface area contributed by atoms with Crippen molar-refractivity contribution in [2.45, 2.75) is 32.1 Å². The van der Waals surface area contributed by atoms with Crippen molar-refractivity contribution in [2.75, 3.05) is 0 Å². The van der Waals surface area contributed by atoms with E-state index in [0.717, 1.165) is 5.56 Å². The van der Waals surface area contributed by atoms with Crippen LogP contribution in [0.3, 0.4) is 0 Å². The fourth-order valence-electron chi connectivity index (χ4n) is 2.25. The lowest BCUT2D eigenvalue weighted by Gasteiger charge is -2.21. The standard InChI is InChI=1S/C13H14O2/c1-9-4-2-3-5-13(9)10-6-11(14)8-12(15)7-10/h2-5,10H,6-8H2,1H3.